The molecule has 0 atom stereocenters. The maximum Gasteiger partial charge on any atom is 0.234 e. The van der Waals surface area contributed by atoms with Gasteiger partial charge in [0.1, 0.15) is 10.8 Å². The molecule has 0 aliphatic rings. The van der Waals surface area contributed by atoms with Crippen LogP contribution < -0.4 is 5.32 Å². The number of benzene rings is 3. The summed E-state index contributed by atoms with van der Waals surface area (Å²) in [5, 5.41) is 13.9. The molecule has 7 nitrogen and oxygen atoms in total. The summed E-state index contributed by atoms with van der Waals surface area (Å²) in [5.74, 6) is 1.44. The summed E-state index contributed by atoms with van der Waals surface area (Å²) in [6.07, 6.45) is 1.63. The van der Waals surface area contributed by atoms with Crippen molar-refractivity contribution < 1.29 is 9.21 Å². The normalized spacial score (nSPS) is 11.2. The Morgan fingerprint density at radius 1 is 1.03 bits per heavy atom. The van der Waals surface area contributed by atoms with Gasteiger partial charge >= 0.3 is 0 Å². The van der Waals surface area contributed by atoms with Crippen LogP contribution in [0.4, 0.5) is 5.69 Å². The third-order valence-corrected chi connectivity index (χ3v) is 8.25. The zero-order valence-corrected chi connectivity index (χ0v) is 23.2. The molecule has 0 spiro atoms. The quantitative estimate of drug-likeness (QED) is 0.190. The Hall–Kier alpha value is -3.92. The number of amides is 1. The van der Waals surface area contributed by atoms with Crippen molar-refractivity contribution in [3.8, 4) is 22.0 Å². The third-order valence-electron chi connectivity index (χ3n) is 5.99. The van der Waals surface area contributed by atoms with E-state index >= 15 is 0 Å². The summed E-state index contributed by atoms with van der Waals surface area (Å²) >= 11 is 9.18. The number of carbonyl (C=O) groups is 1. The number of nitrogens with zero attached hydrogens (tertiary/aromatic N) is 4. The van der Waals surface area contributed by atoms with Crippen molar-refractivity contribution in [3.63, 3.8) is 0 Å². The van der Waals surface area contributed by atoms with E-state index in [0.717, 1.165) is 37.8 Å². The van der Waals surface area contributed by atoms with Crippen molar-refractivity contribution in [2.45, 2.75) is 18.6 Å². The number of anilines is 1. The molecule has 0 aliphatic carbocycles. The number of hydrogen-bond acceptors (Lipinski definition) is 7. The van der Waals surface area contributed by atoms with Crippen LogP contribution in [0.15, 0.2) is 94.7 Å². The molecule has 0 fully saturated rings. The average Bonchev–Trinajstić information content (AvgIpc) is 3.68. The number of aryl methyl sites for hydroxylation is 1. The Bertz CT molecular complexity index is 1760. The number of halogens is 1. The monoisotopic (exact) mass is 571 g/mol. The lowest BCUT2D eigenvalue weighted by Gasteiger charge is -2.09. The van der Waals surface area contributed by atoms with Gasteiger partial charge in [0.25, 0.3) is 0 Å². The van der Waals surface area contributed by atoms with Crippen LogP contribution in [-0.2, 0) is 11.3 Å². The van der Waals surface area contributed by atoms with Crippen LogP contribution in [-0.4, -0.2) is 31.4 Å². The van der Waals surface area contributed by atoms with Crippen molar-refractivity contribution in [2.24, 2.45) is 0 Å². The third kappa shape index (κ3) is 5.75. The number of thiazole rings is 1. The number of rotatable bonds is 8. The summed E-state index contributed by atoms with van der Waals surface area (Å²) in [7, 11) is 0. The van der Waals surface area contributed by atoms with E-state index in [1.807, 2.05) is 71.3 Å². The minimum atomic E-state index is -0.139. The smallest absolute Gasteiger partial charge is 0.234 e. The van der Waals surface area contributed by atoms with E-state index in [9.17, 15) is 4.79 Å². The maximum absolute atomic E-state index is 12.8. The van der Waals surface area contributed by atoms with E-state index in [2.05, 4.69) is 34.6 Å². The number of fused-ring (bicyclic) bond motifs is 1. The minimum Gasteiger partial charge on any atom is -0.467 e. The molecule has 3 aromatic carbocycles. The van der Waals surface area contributed by atoms with Crippen LogP contribution in [0.3, 0.4) is 0 Å². The lowest BCUT2D eigenvalue weighted by Crippen LogP contribution is -2.14. The molecule has 3 heterocycles. The van der Waals surface area contributed by atoms with Gasteiger partial charge in [-0.15, -0.1) is 21.5 Å². The maximum atomic E-state index is 12.8. The van der Waals surface area contributed by atoms with Crippen molar-refractivity contribution in [1.29, 1.82) is 0 Å². The molecule has 194 valence electrons. The fraction of sp³-hybridized carbons (Fsp3) is 0.103. The van der Waals surface area contributed by atoms with Gasteiger partial charge in [0.2, 0.25) is 5.91 Å². The summed E-state index contributed by atoms with van der Waals surface area (Å²) < 4.78 is 8.64. The van der Waals surface area contributed by atoms with Gasteiger partial charge in [0, 0.05) is 21.8 Å². The van der Waals surface area contributed by atoms with Crippen molar-refractivity contribution in [2.75, 3.05) is 11.1 Å². The van der Waals surface area contributed by atoms with Crippen LogP contribution in [0.1, 0.15) is 11.3 Å². The largest absolute Gasteiger partial charge is 0.467 e. The fourth-order valence-electron chi connectivity index (χ4n) is 4.12. The van der Waals surface area contributed by atoms with E-state index in [-0.39, 0.29) is 11.7 Å². The van der Waals surface area contributed by atoms with Gasteiger partial charge in [0.15, 0.2) is 11.0 Å². The van der Waals surface area contributed by atoms with Gasteiger partial charge in [-0.1, -0.05) is 41.6 Å². The highest BCUT2D eigenvalue weighted by Gasteiger charge is 2.17. The second-order valence-corrected chi connectivity index (χ2v) is 11.3. The first-order valence-corrected chi connectivity index (χ1v) is 14.3. The molecule has 0 aliphatic heterocycles. The van der Waals surface area contributed by atoms with Crippen molar-refractivity contribution in [1.82, 2.24) is 19.7 Å². The van der Waals surface area contributed by atoms with E-state index in [0.29, 0.717) is 22.5 Å². The second-order valence-electron chi connectivity index (χ2n) is 8.89. The fourth-order valence-corrected chi connectivity index (χ4v) is 6.11. The van der Waals surface area contributed by atoms with Gasteiger partial charge < -0.3 is 9.73 Å². The summed E-state index contributed by atoms with van der Waals surface area (Å²) in [6, 6.07) is 25.2. The number of carbonyl (C=O) groups excluding carboxylic acids is 1. The zero-order chi connectivity index (χ0) is 26.8. The Morgan fingerprint density at radius 3 is 2.69 bits per heavy atom. The molecule has 6 rings (SSSR count). The van der Waals surface area contributed by atoms with E-state index in [4.69, 9.17) is 21.0 Å². The first-order valence-electron chi connectivity index (χ1n) is 12.1. The molecule has 0 saturated carbocycles. The molecule has 6 aromatic rings. The number of hydrogen-bond donors (Lipinski definition) is 1. The van der Waals surface area contributed by atoms with Crippen molar-refractivity contribution >= 4 is 56.5 Å². The predicted octanol–water partition coefficient (Wildman–Crippen LogP) is 7.56. The predicted molar refractivity (Wildman–Crippen MR) is 157 cm³/mol. The molecule has 0 saturated heterocycles. The summed E-state index contributed by atoms with van der Waals surface area (Å²) in [5.41, 5.74) is 4.78. The molecule has 1 amide bonds. The SMILES string of the molecule is Cc1ccc2nc(-c3ccc(NC(=O)CSc4nnc(-c5cccc(Cl)c5)n4Cc4ccco4)cc3)sc2c1. The molecule has 39 heavy (non-hydrogen) atoms. The van der Waals surface area contributed by atoms with Gasteiger partial charge in [-0.25, -0.2) is 4.98 Å². The highest BCUT2D eigenvalue weighted by molar-refractivity contribution is 7.99. The van der Waals surface area contributed by atoms with Gasteiger partial charge in [0.05, 0.1) is 28.8 Å². The van der Waals surface area contributed by atoms with Gasteiger partial charge in [-0.2, -0.15) is 0 Å². The van der Waals surface area contributed by atoms with Crippen LogP contribution in [0, 0.1) is 6.92 Å². The molecule has 10 heteroatoms. The number of furan rings is 1. The van der Waals surface area contributed by atoms with Crippen LogP contribution >= 0.6 is 34.7 Å². The van der Waals surface area contributed by atoms with Gasteiger partial charge in [-0.05, 0) is 73.2 Å². The Morgan fingerprint density at radius 2 is 1.90 bits per heavy atom. The molecule has 0 radical (unpaired) electrons. The van der Waals surface area contributed by atoms with Gasteiger partial charge in [-0.3, -0.25) is 9.36 Å². The Balaban J connectivity index is 1.14. The number of nitrogens with one attached hydrogen (secondary N) is 1. The van der Waals surface area contributed by atoms with Crippen LogP contribution in [0.5, 0.6) is 0 Å². The number of thioether (sulfide) groups is 1. The Labute approximate surface area is 237 Å². The molecule has 0 bridgehead atoms. The standard InChI is InChI=1S/C29H22ClN5O2S2/c1-18-7-12-24-25(14-18)39-28(32-24)19-8-10-22(11-9-19)31-26(36)17-38-29-34-33-27(20-4-2-5-21(30)15-20)35(29)16-23-6-3-13-37-23/h2-15H,16-17H2,1H3,(H,31,36). The van der Waals surface area contributed by atoms with Crippen LogP contribution in [0.25, 0.3) is 32.2 Å². The lowest BCUT2D eigenvalue weighted by atomic mass is 10.2. The molecule has 0 unspecified atom stereocenters. The average molecular weight is 572 g/mol. The van der Waals surface area contributed by atoms with E-state index in [1.165, 1.54) is 17.3 Å². The highest BCUT2D eigenvalue weighted by Crippen LogP contribution is 2.32. The number of aromatic nitrogens is 4. The van der Waals surface area contributed by atoms with Crippen molar-refractivity contribution in [3.05, 3.63) is 101 Å². The lowest BCUT2D eigenvalue weighted by molar-refractivity contribution is -0.113. The molecule has 3 aromatic heterocycles. The molecular formula is C29H22ClN5O2S2. The Kier molecular flexibility index (Phi) is 7.19. The molecular weight excluding hydrogens is 550 g/mol. The second kappa shape index (κ2) is 11.1. The zero-order valence-electron chi connectivity index (χ0n) is 20.8. The highest BCUT2D eigenvalue weighted by atomic mass is 35.5. The topological polar surface area (TPSA) is 85.8 Å². The summed E-state index contributed by atoms with van der Waals surface area (Å²) in [4.78, 5) is 17.5. The first kappa shape index (κ1) is 25.4. The van der Waals surface area contributed by atoms with E-state index in [1.54, 1.807) is 17.6 Å². The van der Waals surface area contributed by atoms with Crippen LogP contribution in [0.2, 0.25) is 5.02 Å². The first-order chi connectivity index (χ1) is 19.0. The minimum absolute atomic E-state index is 0.139. The molecule has 1 N–H and O–H groups in total. The summed E-state index contributed by atoms with van der Waals surface area (Å²) in [6.45, 7) is 2.51. The van der Waals surface area contributed by atoms with E-state index < -0.39 is 0 Å².